The molecular weight excluding hydrogens is 182 g/mol. The summed E-state index contributed by atoms with van der Waals surface area (Å²) < 4.78 is 0. The lowest BCUT2D eigenvalue weighted by Gasteiger charge is -1.98. The van der Waals surface area contributed by atoms with Crippen LogP contribution in [-0.2, 0) is 6.54 Å². The van der Waals surface area contributed by atoms with Crippen molar-refractivity contribution < 1.29 is 0 Å². The van der Waals surface area contributed by atoms with E-state index in [2.05, 4.69) is 24.1 Å². The Balaban J connectivity index is 2.40. The Morgan fingerprint density at radius 2 is 2.38 bits per heavy atom. The molecule has 0 aliphatic heterocycles. The van der Waals surface area contributed by atoms with Crippen LogP contribution in [0.1, 0.15) is 29.7 Å². The van der Waals surface area contributed by atoms with E-state index in [0.717, 1.165) is 13.1 Å². The Kier molecular flexibility index (Phi) is 4.35. The fourth-order valence-corrected chi connectivity index (χ4v) is 1.87. The molecule has 0 fully saturated rings. The van der Waals surface area contributed by atoms with Crippen LogP contribution in [0.25, 0.3) is 0 Å². The standard InChI is InChI=1S/C9H17N3S/c1-7(2)9-12-6-8(13-9)5-11-4-3-10/h6-7,11H,3-5,10H2,1-2H3. The largest absolute Gasteiger partial charge is 0.329 e. The second-order valence-electron chi connectivity index (χ2n) is 3.28. The molecule has 0 atom stereocenters. The third-order valence-corrected chi connectivity index (χ3v) is 2.98. The molecule has 1 heterocycles. The first-order valence-electron chi connectivity index (χ1n) is 4.59. The topological polar surface area (TPSA) is 50.9 Å². The van der Waals surface area contributed by atoms with Crippen molar-refractivity contribution in [3.8, 4) is 0 Å². The highest BCUT2D eigenvalue weighted by molar-refractivity contribution is 7.11. The Bertz CT molecular complexity index is 245. The first-order chi connectivity index (χ1) is 6.24. The van der Waals surface area contributed by atoms with Gasteiger partial charge in [-0.25, -0.2) is 4.98 Å². The Morgan fingerprint density at radius 1 is 1.62 bits per heavy atom. The number of nitrogens with two attached hydrogens (primary N) is 1. The highest BCUT2D eigenvalue weighted by Gasteiger charge is 2.04. The van der Waals surface area contributed by atoms with Crippen molar-refractivity contribution in [2.24, 2.45) is 5.73 Å². The minimum absolute atomic E-state index is 0.535. The zero-order chi connectivity index (χ0) is 9.68. The molecule has 0 bridgehead atoms. The lowest BCUT2D eigenvalue weighted by atomic mass is 10.2. The predicted octanol–water partition coefficient (Wildman–Crippen LogP) is 1.31. The first kappa shape index (κ1) is 10.6. The molecule has 0 spiro atoms. The van der Waals surface area contributed by atoms with E-state index in [4.69, 9.17) is 5.73 Å². The molecule has 4 heteroatoms. The van der Waals surface area contributed by atoms with Crippen LogP contribution in [0.2, 0.25) is 0 Å². The quantitative estimate of drug-likeness (QED) is 0.703. The summed E-state index contributed by atoms with van der Waals surface area (Å²) in [6.45, 7) is 6.78. The summed E-state index contributed by atoms with van der Waals surface area (Å²) in [7, 11) is 0. The zero-order valence-electron chi connectivity index (χ0n) is 8.21. The molecule has 0 amide bonds. The van der Waals surface area contributed by atoms with Crippen LogP contribution >= 0.6 is 11.3 Å². The zero-order valence-corrected chi connectivity index (χ0v) is 9.03. The van der Waals surface area contributed by atoms with Gasteiger partial charge in [-0.15, -0.1) is 11.3 Å². The van der Waals surface area contributed by atoms with Crippen molar-refractivity contribution >= 4 is 11.3 Å². The summed E-state index contributed by atoms with van der Waals surface area (Å²) in [5.41, 5.74) is 5.37. The number of hydrogen-bond acceptors (Lipinski definition) is 4. The van der Waals surface area contributed by atoms with E-state index in [0.29, 0.717) is 12.5 Å². The number of nitrogens with zero attached hydrogens (tertiary/aromatic N) is 1. The molecule has 0 radical (unpaired) electrons. The number of rotatable bonds is 5. The lowest BCUT2D eigenvalue weighted by Crippen LogP contribution is -2.21. The van der Waals surface area contributed by atoms with Gasteiger partial charge in [0, 0.05) is 36.6 Å². The van der Waals surface area contributed by atoms with E-state index in [9.17, 15) is 0 Å². The summed E-state index contributed by atoms with van der Waals surface area (Å²) >= 11 is 1.78. The second kappa shape index (κ2) is 5.32. The maximum atomic E-state index is 5.37. The van der Waals surface area contributed by atoms with Crippen molar-refractivity contribution in [2.45, 2.75) is 26.3 Å². The van der Waals surface area contributed by atoms with Crippen molar-refractivity contribution in [2.75, 3.05) is 13.1 Å². The minimum atomic E-state index is 0.535. The van der Waals surface area contributed by atoms with E-state index < -0.39 is 0 Å². The maximum absolute atomic E-state index is 5.37. The summed E-state index contributed by atoms with van der Waals surface area (Å²) in [5.74, 6) is 0.535. The molecular formula is C9H17N3S. The molecule has 1 aromatic heterocycles. The maximum Gasteiger partial charge on any atom is 0.0953 e. The molecule has 0 saturated carbocycles. The van der Waals surface area contributed by atoms with E-state index >= 15 is 0 Å². The van der Waals surface area contributed by atoms with Crippen molar-refractivity contribution in [1.82, 2.24) is 10.3 Å². The van der Waals surface area contributed by atoms with E-state index in [-0.39, 0.29) is 0 Å². The Hall–Kier alpha value is -0.450. The van der Waals surface area contributed by atoms with Crippen LogP contribution in [0.3, 0.4) is 0 Å². The van der Waals surface area contributed by atoms with Gasteiger partial charge in [-0.2, -0.15) is 0 Å². The molecule has 3 N–H and O–H groups in total. The number of thiazole rings is 1. The average Bonchev–Trinajstić information content (AvgIpc) is 2.53. The van der Waals surface area contributed by atoms with Crippen LogP contribution < -0.4 is 11.1 Å². The first-order valence-corrected chi connectivity index (χ1v) is 5.41. The summed E-state index contributed by atoms with van der Waals surface area (Å²) in [6.07, 6.45) is 1.95. The molecule has 0 aliphatic rings. The molecule has 74 valence electrons. The molecule has 0 unspecified atom stereocenters. The van der Waals surface area contributed by atoms with E-state index in [1.807, 2.05) is 6.20 Å². The van der Waals surface area contributed by atoms with Gasteiger partial charge in [0.2, 0.25) is 0 Å². The summed E-state index contributed by atoms with van der Waals surface area (Å²) in [4.78, 5) is 5.63. The monoisotopic (exact) mass is 199 g/mol. The number of hydrogen-bond donors (Lipinski definition) is 2. The fraction of sp³-hybridized carbons (Fsp3) is 0.667. The molecule has 1 rings (SSSR count). The van der Waals surface area contributed by atoms with E-state index in [1.54, 1.807) is 11.3 Å². The van der Waals surface area contributed by atoms with Crippen LogP contribution in [0.5, 0.6) is 0 Å². The lowest BCUT2D eigenvalue weighted by molar-refractivity contribution is 0.701. The van der Waals surface area contributed by atoms with Gasteiger partial charge in [0.05, 0.1) is 5.01 Å². The highest BCUT2D eigenvalue weighted by Crippen LogP contribution is 2.20. The fourth-order valence-electron chi connectivity index (χ4n) is 0.985. The Morgan fingerprint density at radius 3 is 2.92 bits per heavy atom. The van der Waals surface area contributed by atoms with Gasteiger partial charge in [-0.05, 0) is 0 Å². The summed E-state index contributed by atoms with van der Waals surface area (Å²) in [5, 5.41) is 4.46. The van der Waals surface area contributed by atoms with Crippen LogP contribution in [0.15, 0.2) is 6.20 Å². The van der Waals surface area contributed by atoms with Crippen molar-refractivity contribution in [3.05, 3.63) is 16.1 Å². The minimum Gasteiger partial charge on any atom is -0.329 e. The smallest absolute Gasteiger partial charge is 0.0953 e. The van der Waals surface area contributed by atoms with Crippen LogP contribution in [0, 0.1) is 0 Å². The van der Waals surface area contributed by atoms with Crippen LogP contribution in [-0.4, -0.2) is 18.1 Å². The molecule has 0 saturated heterocycles. The second-order valence-corrected chi connectivity index (χ2v) is 4.43. The van der Waals surface area contributed by atoms with Gasteiger partial charge in [0.15, 0.2) is 0 Å². The predicted molar refractivity (Wildman–Crippen MR) is 57.0 cm³/mol. The highest BCUT2D eigenvalue weighted by atomic mass is 32.1. The number of nitrogens with one attached hydrogen (secondary N) is 1. The molecule has 1 aromatic rings. The molecule has 13 heavy (non-hydrogen) atoms. The summed E-state index contributed by atoms with van der Waals surface area (Å²) in [6, 6.07) is 0. The van der Waals surface area contributed by atoms with Crippen molar-refractivity contribution in [3.63, 3.8) is 0 Å². The molecule has 3 nitrogen and oxygen atoms in total. The van der Waals surface area contributed by atoms with Crippen LogP contribution in [0.4, 0.5) is 0 Å². The van der Waals surface area contributed by atoms with Gasteiger partial charge in [-0.3, -0.25) is 0 Å². The average molecular weight is 199 g/mol. The third-order valence-electron chi connectivity index (χ3n) is 1.69. The van der Waals surface area contributed by atoms with Gasteiger partial charge in [0.1, 0.15) is 0 Å². The third kappa shape index (κ3) is 3.42. The SMILES string of the molecule is CC(C)c1ncc(CNCCN)s1. The van der Waals surface area contributed by atoms with E-state index in [1.165, 1.54) is 9.88 Å². The van der Waals surface area contributed by atoms with Gasteiger partial charge in [0.25, 0.3) is 0 Å². The Labute approximate surface area is 83.4 Å². The normalized spacial score (nSPS) is 11.1. The number of aromatic nitrogens is 1. The molecule has 0 aromatic carbocycles. The van der Waals surface area contributed by atoms with Gasteiger partial charge in [-0.1, -0.05) is 13.8 Å². The van der Waals surface area contributed by atoms with Gasteiger partial charge < -0.3 is 11.1 Å². The molecule has 0 aliphatic carbocycles. The van der Waals surface area contributed by atoms with Gasteiger partial charge >= 0.3 is 0 Å². The van der Waals surface area contributed by atoms with Crippen molar-refractivity contribution in [1.29, 1.82) is 0 Å².